The molecule has 1 aromatic heterocycles. The van der Waals surface area contributed by atoms with E-state index >= 15 is 0 Å². The van der Waals surface area contributed by atoms with Gasteiger partial charge >= 0.3 is 6.09 Å². The number of rotatable bonds is 3. The van der Waals surface area contributed by atoms with Crippen molar-refractivity contribution >= 4 is 17.4 Å². The molecule has 0 aromatic carbocycles. The fraction of sp³-hybridized carbons (Fsp3) is 0.714. The van der Waals surface area contributed by atoms with Crippen LogP contribution >= 0.6 is 11.3 Å². The summed E-state index contributed by atoms with van der Waals surface area (Å²) in [6.45, 7) is 8.17. The summed E-state index contributed by atoms with van der Waals surface area (Å²) < 4.78 is 5.40. The lowest BCUT2D eigenvalue weighted by atomic mass is 10.2. The number of piperidine rings is 1. The third-order valence-corrected chi connectivity index (χ3v) is 4.60. The number of carbonyl (C=O) groups excluding carboxylic acids is 1. The Morgan fingerprint density at radius 2 is 2.20 bits per heavy atom. The van der Waals surface area contributed by atoms with Crippen LogP contribution in [0.25, 0.3) is 0 Å². The predicted octanol–water partition coefficient (Wildman–Crippen LogP) is 2.10. The first kappa shape index (κ1) is 13.8. The Balaban J connectivity index is 1.43. The molecule has 1 saturated heterocycles. The number of amides is 1. The maximum absolute atomic E-state index is 12.0. The lowest BCUT2D eigenvalue weighted by Crippen LogP contribution is -2.39. The highest BCUT2D eigenvalue weighted by Crippen LogP contribution is 2.45. The second-order valence-corrected chi connectivity index (χ2v) is 7.52. The monoisotopic (exact) mass is 295 g/mol. The maximum atomic E-state index is 12.0. The Hall–Kier alpha value is -1.14. The van der Waals surface area contributed by atoms with Gasteiger partial charge in [0.15, 0.2) is 0 Å². The van der Waals surface area contributed by atoms with Crippen molar-refractivity contribution in [3.8, 4) is 0 Å². The molecule has 3 rings (SSSR count). The van der Waals surface area contributed by atoms with Crippen LogP contribution in [0.15, 0.2) is 11.6 Å². The van der Waals surface area contributed by atoms with Crippen molar-refractivity contribution < 1.29 is 9.53 Å². The molecule has 0 spiro atoms. The number of hydrogen-bond acceptors (Lipinski definition) is 5. The van der Waals surface area contributed by atoms with E-state index in [1.807, 2.05) is 37.2 Å². The first-order chi connectivity index (χ1) is 9.44. The number of nitrogens with zero attached hydrogens (tertiary/aromatic N) is 2. The minimum atomic E-state index is -0.410. The lowest BCUT2D eigenvalue weighted by molar-refractivity contribution is 0.0269. The van der Waals surface area contributed by atoms with Crippen LogP contribution in [0.5, 0.6) is 0 Å². The highest BCUT2D eigenvalue weighted by atomic mass is 32.1. The van der Waals surface area contributed by atoms with Crippen LogP contribution in [0.4, 0.5) is 4.79 Å². The fourth-order valence-corrected chi connectivity index (χ4v) is 3.42. The van der Waals surface area contributed by atoms with Gasteiger partial charge in [0, 0.05) is 37.3 Å². The molecule has 0 radical (unpaired) electrons. The SMILES string of the molecule is CC(C)(C)OC(=O)N1CC2C(C1)C2NCc1nccs1. The van der Waals surface area contributed by atoms with Gasteiger partial charge in [-0.05, 0) is 32.6 Å². The number of nitrogens with one attached hydrogen (secondary N) is 1. The second-order valence-electron chi connectivity index (χ2n) is 6.55. The quantitative estimate of drug-likeness (QED) is 0.928. The van der Waals surface area contributed by atoms with E-state index in [-0.39, 0.29) is 6.09 Å². The van der Waals surface area contributed by atoms with Crippen molar-refractivity contribution in [3.63, 3.8) is 0 Å². The molecule has 1 aromatic rings. The Labute approximate surface area is 123 Å². The van der Waals surface area contributed by atoms with Gasteiger partial charge in [0.1, 0.15) is 10.6 Å². The van der Waals surface area contributed by atoms with E-state index in [4.69, 9.17) is 4.74 Å². The van der Waals surface area contributed by atoms with Crippen LogP contribution < -0.4 is 5.32 Å². The molecule has 1 aliphatic carbocycles. The van der Waals surface area contributed by atoms with Gasteiger partial charge in [-0.1, -0.05) is 0 Å². The van der Waals surface area contributed by atoms with Crippen molar-refractivity contribution in [2.45, 2.75) is 39.0 Å². The number of hydrogen-bond donors (Lipinski definition) is 1. The molecule has 2 unspecified atom stereocenters. The van der Waals surface area contributed by atoms with Gasteiger partial charge in [-0.15, -0.1) is 11.3 Å². The number of likely N-dealkylation sites (tertiary alicyclic amines) is 1. The first-order valence-corrected chi connectivity index (χ1v) is 7.92. The van der Waals surface area contributed by atoms with E-state index in [0.29, 0.717) is 17.9 Å². The average Bonchev–Trinajstić information content (AvgIpc) is 2.78. The molecule has 1 N–H and O–H groups in total. The topological polar surface area (TPSA) is 54.5 Å². The molecule has 1 aliphatic heterocycles. The first-order valence-electron chi connectivity index (χ1n) is 7.04. The third kappa shape index (κ3) is 2.96. The molecular formula is C14H21N3O2S. The van der Waals surface area contributed by atoms with E-state index in [1.165, 1.54) is 0 Å². The van der Waals surface area contributed by atoms with Crippen LogP contribution in [-0.4, -0.2) is 40.7 Å². The predicted molar refractivity (Wildman–Crippen MR) is 77.5 cm³/mol. The molecule has 6 heteroatoms. The molecule has 2 heterocycles. The summed E-state index contributed by atoms with van der Waals surface area (Å²) in [4.78, 5) is 18.1. The van der Waals surface area contributed by atoms with Crippen LogP contribution in [0, 0.1) is 11.8 Å². The second kappa shape index (κ2) is 5.00. The largest absolute Gasteiger partial charge is 0.444 e. The molecule has 0 bridgehead atoms. The standard InChI is InChI=1S/C14H21N3O2S/c1-14(2,3)19-13(18)17-7-9-10(8-17)12(9)16-6-11-15-4-5-20-11/h4-5,9-10,12,16H,6-8H2,1-3H3. The summed E-state index contributed by atoms with van der Waals surface area (Å²) in [5.74, 6) is 1.17. The van der Waals surface area contributed by atoms with Crippen molar-refractivity contribution in [3.05, 3.63) is 16.6 Å². The Morgan fingerprint density at radius 1 is 1.50 bits per heavy atom. The number of ether oxygens (including phenoxy) is 1. The summed E-state index contributed by atoms with van der Waals surface area (Å²) in [5.41, 5.74) is -0.410. The van der Waals surface area contributed by atoms with Crippen LogP contribution in [0.2, 0.25) is 0 Å². The number of thiazole rings is 1. The normalized spacial score (nSPS) is 28.4. The summed E-state index contributed by atoms with van der Waals surface area (Å²) in [7, 11) is 0. The van der Waals surface area contributed by atoms with Gasteiger partial charge in [-0.2, -0.15) is 0 Å². The lowest BCUT2D eigenvalue weighted by Gasteiger charge is -2.26. The molecule has 1 amide bonds. The minimum Gasteiger partial charge on any atom is -0.444 e. The molecule has 2 aliphatic rings. The van der Waals surface area contributed by atoms with E-state index in [1.54, 1.807) is 11.3 Å². The van der Waals surface area contributed by atoms with E-state index in [2.05, 4.69) is 10.3 Å². The fourth-order valence-electron chi connectivity index (χ4n) is 2.85. The van der Waals surface area contributed by atoms with Gasteiger partial charge in [0.2, 0.25) is 0 Å². The highest BCUT2D eigenvalue weighted by Gasteiger charge is 2.56. The van der Waals surface area contributed by atoms with Gasteiger partial charge in [-0.3, -0.25) is 0 Å². The summed E-state index contributed by atoms with van der Waals surface area (Å²) in [5, 5.41) is 6.66. The van der Waals surface area contributed by atoms with Gasteiger partial charge < -0.3 is 15.0 Å². The summed E-state index contributed by atoms with van der Waals surface area (Å²) in [6, 6.07) is 0.539. The number of aromatic nitrogens is 1. The molecular weight excluding hydrogens is 274 g/mol. The molecule has 1 saturated carbocycles. The van der Waals surface area contributed by atoms with Crippen LogP contribution in [-0.2, 0) is 11.3 Å². The zero-order valence-electron chi connectivity index (χ0n) is 12.1. The van der Waals surface area contributed by atoms with E-state index in [0.717, 1.165) is 24.6 Å². The summed E-state index contributed by atoms with van der Waals surface area (Å²) >= 11 is 1.67. The van der Waals surface area contributed by atoms with E-state index < -0.39 is 5.60 Å². The molecule has 110 valence electrons. The molecule has 2 fully saturated rings. The van der Waals surface area contributed by atoms with Crippen LogP contribution in [0.1, 0.15) is 25.8 Å². The van der Waals surface area contributed by atoms with E-state index in [9.17, 15) is 4.79 Å². The summed E-state index contributed by atoms with van der Waals surface area (Å²) in [6.07, 6.45) is 1.66. The Morgan fingerprint density at radius 3 is 2.75 bits per heavy atom. The Bertz CT molecular complexity index is 471. The molecule has 20 heavy (non-hydrogen) atoms. The number of fused-ring (bicyclic) bond motifs is 1. The van der Waals surface area contributed by atoms with Crippen molar-refractivity contribution in [1.29, 1.82) is 0 Å². The number of carbonyl (C=O) groups is 1. The molecule has 5 nitrogen and oxygen atoms in total. The third-order valence-electron chi connectivity index (χ3n) is 3.82. The van der Waals surface area contributed by atoms with Gasteiger partial charge in [0.05, 0.1) is 0 Å². The highest BCUT2D eigenvalue weighted by molar-refractivity contribution is 7.09. The van der Waals surface area contributed by atoms with Gasteiger partial charge in [-0.25, -0.2) is 9.78 Å². The Kier molecular flexibility index (Phi) is 3.46. The zero-order chi connectivity index (χ0) is 14.3. The van der Waals surface area contributed by atoms with Crippen LogP contribution in [0.3, 0.4) is 0 Å². The van der Waals surface area contributed by atoms with Crippen molar-refractivity contribution in [2.24, 2.45) is 11.8 Å². The molecule has 2 atom stereocenters. The van der Waals surface area contributed by atoms with Crippen molar-refractivity contribution in [1.82, 2.24) is 15.2 Å². The smallest absolute Gasteiger partial charge is 0.410 e. The minimum absolute atomic E-state index is 0.177. The maximum Gasteiger partial charge on any atom is 0.410 e. The van der Waals surface area contributed by atoms with Crippen molar-refractivity contribution in [2.75, 3.05) is 13.1 Å². The average molecular weight is 295 g/mol. The zero-order valence-corrected chi connectivity index (χ0v) is 12.9. The van der Waals surface area contributed by atoms with Gasteiger partial charge in [0.25, 0.3) is 0 Å².